The van der Waals surface area contributed by atoms with Crippen molar-refractivity contribution in [3.05, 3.63) is 36.1 Å². The van der Waals surface area contributed by atoms with Gasteiger partial charge < -0.3 is 18.6 Å². The van der Waals surface area contributed by atoms with Crippen LogP contribution in [-0.2, 0) is 14.2 Å². The van der Waals surface area contributed by atoms with Crippen LogP contribution in [0.3, 0.4) is 0 Å². The molecule has 1 aromatic heterocycles. The van der Waals surface area contributed by atoms with Crippen LogP contribution in [-0.4, -0.2) is 45.9 Å². The fraction of sp³-hybridized carbons (Fsp3) is 0.438. The third kappa shape index (κ3) is 4.97. The summed E-state index contributed by atoms with van der Waals surface area (Å²) >= 11 is 0. The molecule has 1 heterocycles. The van der Waals surface area contributed by atoms with Gasteiger partial charge in [0.15, 0.2) is 5.76 Å². The number of methoxy groups -OCH3 is 1. The van der Waals surface area contributed by atoms with E-state index in [0.29, 0.717) is 37.8 Å². The Kier molecular flexibility index (Phi) is 6.40. The van der Waals surface area contributed by atoms with E-state index in [0.717, 1.165) is 11.8 Å². The summed E-state index contributed by atoms with van der Waals surface area (Å²) in [5.41, 5.74) is 0.715. The van der Waals surface area contributed by atoms with Gasteiger partial charge in [-0.3, -0.25) is 4.79 Å². The van der Waals surface area contributed by atoms with Gasteiger partial charge in [-0.2, -0.15) is 0 Å². The van der Waals surface area contributed by atoms with Crippen molar-refractivity contribution in [2.45, 2.75) is 6.42 Å². The maximum Gasteiger partial charge on any atom is 0.223 e. The number of ether oxygens (including phenoxy) is 3. The molecule has 0 aliphatic carbocycles. The third-order valence-electron chi connectivity index (χ3n) is 2.94. The second-order valence-corrected chi connectivity index (χ2v) is 4.58. The molecule has 0 saturated carbocycles. The number of carbonyl (C=O) groups is 1. The summed E-state index contributed by atoms with van der Waals surface area (Å²) in [6, 6.07) is 9.28. The molecule has 1 aromatic carbocycles. The number of ketones is 1. The molecular formula is C16H20O5. The fourth-order valence-electron chi connectivity index (χ4n) is 1.86. The first-order chi connectivity index (χ1) is 10.3. The van der Waals surface area contributed by atoms with Crippen molar-refractivity contribution in [3.8, 4) is 0 Å². The summed E-state index contributed by atoms with van der Waals surface area (Å²) in [5, 5.41) is 0.924. The number of carbonyl (C=O) groups excluding carboxylic acids is 1. The predicted octanol–water partition coefficient (Wildman–Crippen LogP) is 2.69. The van der Waals surface area contributed by atoms with Crippen LogP contribution in [0.1, 0.15) is 17.0 Å². The highest BCUT2D eigenvalue weighted by atomic mass is 16.5. The van der Waals surface area contributed by atoms with Gasteiger partial charge in [-0.25, -0.2) is 0 Å². The topological polar surface area (TPSA) is 57.9 Å². The maximum absolute atomic E-state index is 11.9. The van der Waals surface area contributed by atoms with Gasteiger partial charge in [0.05, 0.1) is 13.2 Å². The molecule has 0 amide bonds. The molecule has 0 spiro atoms. The van der Waals surface area contributed by atoms with E-state index >= 15 is 0 Å². The molecule has 5 heteroatoms. The highest BCUT2D eigenvalue weighted by molar-refractivity contribution is 5.98. The monoisotopic (exact) mass is 292 g/mol. The summed E-state index contributed by atoms with van der Waals surface area (Å²) in [5.74, 6) is 0.194. The van der Waals surface area contributed by atoms with Crippen LogP contribution in [0.2, 0.25) is 0 Å². The zero-order valence-corrected chi connectivity index (χ0v) is 12.2. The van der Waals surface area contributed by atoms with Crippen molar-refractivity contribution in [2.24, 2.45) is 0 Å². The van der Waals surface area contributed by atoms with Crippen LogP contribution in [0.4, 0.5) is 0 Å². The summed E-state index contributed by atoms with van der Waals surface area (Å²) in [4.78, 5) is 11.9. The molecule has 114 valence electrons. The van der Waals surface area contributed by atoms with Crippen molar-refractivity contribution in [2.75, 3.05) is 40.1 Å². The van der Waals surface area contributed by atoms with Crippen LogP contribution < -0.4 is 0 Å². The Morgan fingerprint density at radius 2 is 1.90 bits per heavy atom. The minimum absolute atomic E-state index is 0.0257. The Bertz CT molecular complexity index is 528. The average molecular weight is 292 g/mol. The van der Waals surface area contributed by atoms with Gasteiger partial charge >= 0.3 is 0 Å². The van der Waals surface area contributed by atoms with Crippen molar-refractivity contribution < 1.29 is 23.4 Å². The number of Topliss-reactive ketones (excluding diaryl/α,β-unsaturated/α-hetero) is 1. The standard InChI is InChI=1S/C16H20O5/c1-18-9-10-19-7-4-8-20-12-14(17)16-11-13-5-2-3-6-15(13)21-16/h2-3,5-6,11H,4,7-10,12H2,1H3. The van der Waals surface area contributed by atoms with Crippen LogP contribution in [0.5, 0.6) is 0 Å². The fourth-order valence-corrected chi connectivity index (χ4v) is 1.86. The number of para-hydroxylation sites is 1. The van der Waals surface area contributed by atoms with E-state index in [4.69, 9.17) is 18.6 Å². The zero-order valence-electron chi connectivity index (χ0n) is 12.2. The van der Waals surface area contributed by atoms with Crippen molar-refractivity contribution in [1.82, 2.24) is 0 Å². The van der Waals surface area contributed by atoms with Crippen LogP contribution in [0, 0.1) is 0 Å². The molecule has 0 saturated heterocycles. The quantitative estimate of drug-likeness (QED) is 0.498. The molecule has 0 atom stereocenters. The highest BCUT2D eigenvalue weighted by Crippen LogP contribution is 2.19. The molecule has 0 aliphatic heterocycles. The van der Waals surface area contributed by atoms with Crippen LogP contribution in [0.15, 0.2) is 34.7 Å². The molecule has 0 fully saturated rings. The number of hydrogen-bond donors (Lipinski definition) is 0. The van der Waals surface area contributed by atoms with Crippen LogP contribution in [0.25, 0.3) is 11.0 Å². The molecule has 0 unspecified atom stereocenters. The SMILES string of the molecule is COCCOCCCOCC(=O)c1cc2ccccc2o1. The molecule has 0 N–H and O–H groups in total. The lowest BCUT2D eigenvalue weighted by atomic mass is 10.2. The molecular weight excluding hydrogens is 272 g/mol. The Morgan fingerprint density at radius 3 is 2.71 bits per heavy atom. The lowest BCUT2D eigenvalue weighted by Gasteiger charge is -2.04. The zero-order chi connectivity index (χ0) is 14.9. The molecule has 2 aromatic rings. The normalized spacial score (nSPS) is 11.1. The van der Waals surface area contributed by atoms with Gasteiger partial charge in [-0.1, -0.05) is 18.2 Å². The summed E-state index contributed by atoms with van der Waals surface area (Å²) < 4.78 is 21.0. The van der Waals surface area contributed by atoms with E-state index in [1.807, 2.05) is 24.3 Å². The van der Waals surface area contributed by atoms with Gasteiger partial charge in [0.1, 0.15) is 12.2 Å². The first-order valence-corrected chi connectivity index (χ1v) is 6.97. The second kappa shape index (κ2) is 8.56. The largest absolute Gasteiger partial charge is 0.453 e. The molecule has 0 aliphatic rings. The number of hydrogen-bond acceptors (Lipinski definition) is 5. The number of benzene rings is 1. The summed E-state index contributed by atoms with van der Waals surface area (Å²) in [7, 11) is 1.64. The smallest absolute Gasteiger partial charge is 0.223 e. The molecule has 0 bridgehead atoms. The second-order valence-electron chi connectivity index (χ2n) is 4.58. The number of rotatable bonds is 10. The lowest BCUT2D eigenvalue weighted by Crippen LogP contribution is -2.11. The predicted molar refractivity (Wildman–Crippen MR) is 78.7 cm³/mol. The van der Waals surface area contributed by atoms with E-state index in [1.165, 1.54) is 0 Å². The summed E-state index contributed by atoms with van der Waals surface area (Å²) in [6.07, 6.45) is 0.747. The first kappa shape index (κ1) is 15.7. The molecule has 2 rings (SSSR count). The third-order valence-corrected chi connectivity index (χ3v) is 2.94. The van der Waals surface area contributed by atoms with Gasteiger partial charge in [-0.15, -0.1) is 0 Å². The highest BCUT2D eigenvalue weighted by Gasteiger charge is 2.11. The minimum Gasteiger partial charge on any atom is -0.453 e. The minimum atomic E-state index is -0.147. The molecule has 21 heavy (non-hydrogen) atoms. The number of fused-ring (bicyclic) bond motifs is 1. The Labute approximate surface area is 123 Å². The maximum atomic E-state index is 11.9. The molecule has 5 nitrogen and oxygen atoms in total. The van der Waals surface area contributed by atoms with Crippen LogP contribution >= 0.6 is 0 Å². The van der Waals surface area contributed by atoms with Crippen molar-refractivity contribution >= 4 is 16.8 Å². The van der Waals surface area contributed by atoms with Gasteiger partial charge in [-0.05, 0) is 18.6 Å². The van der Waals surface area contributed by atoms with Crippen molar-refractivity contribution in [1.29, 1.82) is 0 Å². The van der Waals surface area contributed by atoms with E-state index in [1.54, 1.807) is 13.2 Å². The van der Waals surface area contributed by atoms with Crippen molar-refractivity contribution in [3.63, 3.8) is 0 Å². The van der Waals surface area contributed by atoms with E-state index in [2.05, 4.69) is 0 Å². The Balaban J connectivity index is 1.65. The van der Waals surface area contributed by atoms with E-state index < -0.39 is 0 Å². The van der Waals surface area contributed by atoms with E-state index in [-0.39, 0.29) is 12.4 Å². The average Bonchev–Trinajstić information content (AvgIpc) is 2.94. The van der Waals surface area contributed by atoms with E-state index in [9.17, 15) is 4.79 Å². The van der Waals surface area contributed by atoms with Gasteiger partial charge in [0.2, 0.25) is 5.78 Å². The van der Waals surface area contributed by atoms with Gasteiger partial charge in [0, 0.05) is 25.7 Å². The molecule has 0 radical (unpaired) electrons. The Morgan fingerprint density at radius 1 is 1.10 bits per heavy atom. The number of furan rings is 1. The lowest BCUT2D eigenvalue weighted by molar-refractivity contribution is 0.0481. The van der Waals surface area contributed by atoms with Gasteiger partial charge in [0.25, 0.3) is 0 Å². The summed E-state index contributed by atoms with van der Waals surface area (Å²) in [6.45, 7) is 2.28. The Hall–Kier alpha value is -1.69. The first-order valence-electron chi connectivity index (χ1n) is 6.97.